The molecule has 0 unspecified atom stereocenters. The van der Waals surface area contributed by atoms with Crippen LogP contribution in [0, 0.1) is 5.82 Å². The molecule has 3 aromatic carbocycles. The minimum Gasteiger partial charge on any atom is -0.206 e. The molecule has 0 fully saturated rings. The molecule has 0 spiro atoms. The largest absolute Gasteiger partial charge is 0.206 e. The molecular formula is C31H39F. The quantitative estimate of drug-likeness (QED) is 0.237. The van der Waals surface area contributed by atoms with Crippen molar-refractivity contribution in [2.24, 2.45) is 0 Å². The normalized spacial score (nSPS) is 11.1. The van der Waals surface area contributed by atoms with Crippen LogP contribution >= 0.6 is 0 Å². The molecule has 170 valence electrons. The number of hydrogen-bond donors (Lipinski definition) is 0. The van der Waals surface area contributed by atoms with Gasteiger partial charge in [-0.1, -0.05) is 113 Å². The first kappa shape index (κ1) is 24.2. The van der Waals surface area contributed by atoms with E-state index in [1.165, 1.54) is 62.5 Å². The van der Waals surface area contributed by atoms with E-state index >= 15 is 0 Å². The third-order valence-corrected chi connectivity index (χ3v) is 6.38. The smallest absolute Gasteiger partial charge is 0.131 e. The number of halogens is 1. The highest BCUT2D eigenvalue weighted by atomic mass is 19.1. The van der Waals surface area contributed by atoms with Gasteiger partial charge >= 0.3 is 0 Å². The fraction of sp³-hybridized carbons (Fsp3) is 0.419. The lowest BCUT2D eigenvalue weighted by molar-refractivity contribution is 0.607. The van der Waals surface area contributed by atoms with Gasteiger partial charge in [-0.25, -0.2) is 4.39 Å². The Hall–Kier alpha value is -2.41. The van der Waals surface area contributed by atoms with E-state index in [0.717, 1.165) is 36.0 Å². The van der Waals surface area contributed by atoms with Gasteiger partial charge in [0.1, 0.15) is 5.82 Å². The maximum absolute atomic E-state index is 14.8. The van der Waals surface area contributed by atoms with Gasteiger partial charge in [-0.15, -0.1) is 0 Å². The number of benzene rings is 3. The maximum Gasteiger partial charge on any atom is 0.131 e. The minimum absolute atomic E-state index is 0.120. The lowest BCUT2D eigenvalue weighted by Crippen LogP contribution is -1.91. The van der Waals surface area contributed by atoms with Gasteiger partial charge in [-0.05, 0) is 65.6 Å². The van der Waals surface area contributed by atoms with Gasteiger partial charge in [-0.3, -0.25) is 0 Å². The van der Waals surface area contributed by atoms with Crippen molar-refractivity contribution >= 4 is 0 Å². The second kappa shape index (κ2) is 13.2. The predicted molar refractivity (Wildman–Crippen MR) is 138 cm³/mol. The number of rotatable bonds is 13. The molecule has 0 nitrogen and oxygen atoms in total. The Morgan fingerprint density at radius 1 is 0.531 bits per heavy atom. The topological polar surface area (TPSA) is 0 Å². The van der Waals surface area contributed by atoms with Crippen LogP contribution in [0.1, 0.15) is 82.8 Å². The molecule has 0 heterocycles. The average molecular weight is 431 g/mol. The van der Waals surface area contributed by atoms with Gasteiger partial charge in [-0.2, -0.15) is 0 Å². The average Bonchev–Trinajstić information content (AvgIpc) is 2.82. The monoisotopic (exact) mass is 430 g/mol. The molecule has 0 bridgehead atoms. The van der Waals surface area contributed by atoms with Gasteiger partial charge in [0.25, 0.3) is 0 Å². The van der Waals surface area contributed by atoms with Crippen LogP contribution < -0.4 is 0 Å². The van der Waals surface area contributed by atoms with Gasteiger partial charge in [0.2, 0.25) is 0 Å². The molecule has 0 saturated carbocycles. The Morgan fingerprint density at radius 2 is 1.12 bits per heavy atom. The molecule has 3 rings (SSSR count). The SMILES string of the molecule is CCCCCCCCc1ccc(-c2cccc(-c3ccc(CCCCC)cc3F)c2)cc1. The van der Waals surface area contributed by atoms with E-state index in [0.29, 0.717) is 5.56 Å². The summed E-state index contributed by atoms with van der Waals surface area (Å²) in [6.45, 7) is 4.46. The van der Waals surface area contributed by atoms with E-state index < -0.39 is 0 Å². The number of unbranched alkanes of at least 4 members (excludes halogenated alkanes) is 7. The predicted octanol–water partition coefficient (Wildman–Crippen LogP) is 9.80. The highest BCUT2D eigenvalue weighted by molar-refractivity contribution is 5.73. The highest BCUT2D eigenvalue weighted by Gasteiger charge is 2.08. The fourth-order valence-corrected chi connectivity index (χ4v) is 4.37. The molecule has 0 radical (unpaired) electrons. The van der Waals surface area contributed by atoms with Crippen molar-refractivity contribution in [3.8, 4) is 22.3 Å². The van der Waals surface area contributed by atoms with Gasteiger partial charge in [0, 0.05) is 5.56 Å². The Bertz CT molecular complexity index is 939. The summed E-state index contributed by atoms with van der Waals surface area (Å²) < 4.78 is 14.8. The summed E-state index contributed by atoms with van der Waals surface area (Å²) in [7, 11) is 0. The first-order valence-electron chi connectivity index (χ1n) is 12.7. The summed E-state index contributed by atoms with van der Waals surface area (Å²) in [5, 5.41) is 0. The maximum atomic E-state index is 14.8. The molecule has 0 N–H and O–H groups in total. The van der Waals surface area contributed by atoms with Crippen molar-refractivity contribution in [3.63, 3.8) is 0 Å². The molecule has 1 heteroatoms. The standard InChI is InChI=1S/C31H39F/c1-3-5-7-8-9-11-13-25-17-20-27(21-18-25)28-15-12-16-29(24-28)30-22-19-26(23-31(30)32)14-10-6-4-2/h12,15-24H,3-11,13-14H2,1-2H3. The van der Waals surface area contributed by atoms with Gasteiger partial charge < -0.3 is 0 Å². The molecule has 3 aromatic rings. The second-order valence-corrected chi connectivity index (χ2v) is 9.07. The third-order valence-electron chi connectivity index (χ3n) is 6.38. The Kier molecular flexibility index (Phi) is 10.0. The van der Waals surface area contributed by atoms with Gasteiger partial charge in [0.15, 0.2) is 0 Å². The zero-order valence-electron chi connectivity index (χ0n) is 20.0. The van der Waals surface area contributed by atoms with E-state index in [2.05, 4.69) is 56.3 Å². The molecule has 0 aliphatic rings. The van der Waals surface area contributed by atoms with Crippen molar-refractivity contribution in [2.45, 2.75) is 84.5 Å². The molecular weight excluding hydrogens is 391 g/mol. The van der Waals surface area contributed by atoms with E-state index in [1.807, 2.05) is 18.2 Å². The molecule has 0 amide bonds. The van der Waals surface area contributed by atoms with E-state index in [1.54, 1.807) is 6.07 Å². The van der Waals surface area contributed by atoms with Crippen LogP contribution in [0.5, 0.6) is 0 Å². The second-order valence-electron chi connectivity index (χ2n) is 9.07. The van der Waals surface area contributed by atoms with Crippen molar-refractivity contribution in [2.75, 3.05) is 0 Å². The fourth-order valence-electron chi connectivity index (χ4n) is 4.37. The van der Waals surface area contributed by atoms with Crippen LogP contribution in [0.25, 0.3) is 22.3 Å². The highest BCUT2D eigenvalue weighted by Crippen LogP contribution is 2.29. The lowest BCUT2D eigenvalue weighted by Gasteiger charge is -2.10. The summed E-state index contributed by atoms with van der Waals surface area (Å²) in [5.41, 5.74) is 6.46. The number of aryl methyl sites for hydroxylation is 2. The van der Waals surface area contributed by atoms with Crippen LogP contribution in [-0.4, -0.2) is 0 Å². The molecule has 0 aliphatic heterocycles. The van der Waals surface area contributed by atoms with Crippen molar-refractivity contribution < 1.29 is 4.39 Å². The molecule has 32 heavy (non-hydrogen) atoms. The summed E-state index contributed by atoms with van der Waals surface area (Å²) in [6, 6.07) is 22.9. The van der Waals surface area contributed by atoms with Crippen LogP contribution in [0.3, 0.4) is 0 Å². The Morgan fingerprint density at radius 3 is 1.88 bits per heavy atom. The van der Waals surface area contributed by atoms with Gasteiger partial charge in [0.05, 0.1) is 0 Å². The Labute approximate surface area is 194 Å². The minimum atomic E-state index is -0.120. The molecule has 0 atom stereocenters. The Balaban J connectivity index is 1.63. The van der Waals surface area contributed by atoms with Crippen LogP contribution in [0.2, 0.25) is 0 Å². The number of hydrogen-bond acceptors (Lipinski definition) is 0. The zero-order chi connectivity index (χ0) is 22.6. The lowest BCUT2D eigenvalue weighted by atomic mass is 9.96. The third kappa shape index (κ3) is 7.33. The summed E-state index contributed by atoms with van der Waals surface area (Å²) >= 11 is 0. The summed E-state index contributed by atoms with van der Waals surface area (Å²) in [6.07, 6.45) is 13.6. The van der Waals surface area contributed by atoms with E-state index in [4.69, 9.17) is 0 Å². The zero-order valence-corrected chi connectivity index (χ0v) is 20.0. The van der Waals surface area contributed by atoms with Crippen LogP contribution in [0.15, 0.2) is 66.7 Å². The summed E-state index contributed by atoms with van der Waals surface area (Å²) in [5.74, 6) is -0.120. The molecule has 0 aromatic heterocycles. The van der Waals surface area contributed by atoms with E-state index in [9.17, 15) is 4.39 Å². The van der Waals surface area contributed by atoms with Crippen LogP contribution in [0.4, 0.5) is 4.39 Å². The van der Waals surface area contributed by atoms with Crippen molar-refractivity contribution in [1.82, 2.24) is 0 Å². The summed E-state index contributed by atoms with van der Waals surface area (Å²) in [4.78, 5) is 0. The van der Waals surface area contributed by atoms with Crippen LogP contribution in [-0.2, 0) is 12.8 Å². The first-order valence-corrected chi connectivity index (χ1v) is 12.7. The first-order chi connectivity index (χ1) is 15.7. The van der Waals surface area contributed by atoms with E-state index in [-0.39, 0.29) is 5.82 Å². The van der Waals surface area contributed by atoms with Crippen molar-refractivity contribution in [3.05, 3.63) is 83.7 Å². The molecule has 0 aliphatic carbocycles. The van der Waals surface area contributed by atoms with Crippen molar-refractivity contribution in [1.29, 1.82) is 0 Å². The molecule has 0 saturated heterocycles.